The molecule has 1 fully saturated rings. The van der Waals surface area contributed by atoms with Crippen LogP contribution in [0.25, 0.3) is 0 Å². The molecule has 1 aliphatic rings. The molecule has 30 heavy (non-hydrogen) atoms. The number of aliphatic imine (C=N–C) groups is 1. The average molecular weight is 401 g/mol. The smallest absolute Gasteiger partial charge is 0.191 e. The molecule has 3 aromatic rings. The molecule has 1 heterocycles. The molecule has 1 aliphatic carbocycles. The number of pyridine rings is 1. The largest absolute Gasteiger partial charge is 0.487 e. The summed E-state index contributed by atoms with van der Waals surface area (Å²) in [5.74, 6) is 1.65. The Balaban J connectivity index is 1.28. The number of nitrogens with one attached hydrogen (secondary N) is 2. The van der Waals surface area contributed by atoms with Crippen molar-refractivity contribution in [3.05, 3.63) is 95.8 Å². The zero-order valence-electron chi connectivity index (χ0n) is 17.3. The van der Waals surface area contributed by atoms with Gasteiger partial charge in [-0.05, 0) is 48.2 Å². The highest BCUT2D eigenvalue weighted by Gasteiger charge is 2.43. The molecule has 1 saturated carbocycles. The Morgan fingerprint density at radius 1 is 1.00 bits per heavy atom. The van der Waals surface area contributed by atoms with Crippen molar-refractivity contribution < 1.29 is 4.74 Å². The van der Waals surface area contributed by atoms with Gasteiger partial charge in [-0.2, -0.15) is 0 Å². The van der Waals surface area contributed by atoms with Crippen LogP contribution in [0.15, 0.2) is 84.0 Å². The second kappa shape index (κ2) is 9.44. The van der Waals surface area contributed by atoms with Gasteiger partial charge < -0.3 is 15.4 Å². The van der Waals surface area contributed by atoms with Crippen molar-refractivity contribution >= 4 is 5.96 Å². The van der Waals surface area contributed by atoms with Crippen LogP contribution in [0.2, 0.25) is 0 Å². The van der Waals surface area contributed by atoms with E-state index >= 15 is 0 Å². The van der Waals surface area contributed by atoms with E-state index in [1.165, 1.54) is 18.4 Å². The molecular formula is C25H28N4O. The molecule has 2 aromatic carbocycles. The summed E-state index contributed by atoms with van der Waals surface area (Å²) < 4.78 is 5.88. The van der Waals surface area contributed by atoms with Gasteiger partial charge in [-0.25, -0.2) is 0 Å². The minimum absolute atomic E-state index is 0.248. The summed E-state index contributed by atoms with van der Waals surface area (Å²) >= 11 is 0. The lowest BCUT2D eigenvalue weighted by Crippen LogP contribution is -2.40. The number of ether oxygens (including phenoxy) is 1. The standard InChI is InChI=1S/C25H28N4O/c1-26-24(29-19-25(13-14-25)21-9-3-2-4-10-21)28-17-20-8-7-12-23(16-20)30-18-22-11-5-6-15-27-22/h2-12,15-16H,13-14,17-19H2,1H3,(H2,26,28,29). The molecule has 0 atom stereocenters. The second-order valence-electron chi connectivity index (χ2n) is 7.68. The maximum atomic E-state index is 5.88. The third-order valence-electron chi connectivity index (χ3n) is 5.53. The molecule has 4 rings (SSSR count). The lowest BCUT2D eigenvalue weighted by atomic mass is 9.96. The van der Waals surface area contributed by atoms with Crippen molar-refractivity contribution in [2.24, 2.45) is 4.99 Å². The van der Waals surface area contributed by atoms with Crippen molar-refractivity contribution in [1.82, 2.24) is 15.6 Å². The Kier molecular flexibility index (Phi) is 6.28. The van der Waals surface area contributed by atoms with Gasteiger partial charge in [0.2, 0.25) is 0 Å². The molecular weight excluding hydrogens is 372 g/mol. The lowest BCUT2D eigenvalue weighted by Gasteiger charge is -2.19. The van der Waals surface area contributed by atoms with E-state index in [-0.39, 0.29) is 5.41 Å². The van der Waals surface area contributed by atoms with Crippen LogP contribution in [0, 0.1) is 0 Å². The van der Waals surface area contributed by atoms with Crippen LogP contribution in [0.5, 0.6) is 5.75 Å². The van der Waals surface area contributed by atoms with Crippen LogP contribution >= 0.6 is 0 Å². The highest BCUT2D eigenvalue weighted by Crippen LogP contribution is 2.47. The first-order valence-corrected chi connectivity index (χ1v) is 10.4. The second-order valence-corrected chi connectivity index (χ2v) is 7.68. The minimum Gasteiger partial charge on any atom is -0.487 e. The summed E-state index contributed by atoms with van der Waals surface area (Å²) in [6.45, 7) is 2.03. The molecule has 0 amide bonds. The molecule has 1 aromatic heterocycles. The fourth-order valence-electron chi connectivity index (χ4n) is 3.56. The van der Waals surface area contributed by atoms with Crippen molar-refractivity contribution in [3.63, 3.8) is 0 Å². The van der Waals surface area contributed by atoms with Crippen LogP contribution in [-0.2, 0) is 18.6 Å². The molecule has 5 heteroatoms. The van der Waals surface area contributed by atoms with Gasteiger partial charge >= 0.3 is 0 Å². The van der Waals surface area contributed by atoms with Gasteiger partial charge in [0.05, 0.1) is 5.69 Å². The number of hydrogen-bond acceptors (Lipinski definition) is 3. The number of rotatable bonds is 8. The Bertz CT molecular complexity index is 969. The van der Waals surface area contributed by atoms with Crippen molar-refractivity contribution in [3.8, 4) is 5.75 Å². The summed E-state index contributed by atoms with van der Waals surface area (Å²) in [5.41, 5.74) is 3.71. The van der Waals surface area contributed by atoms with Gasteiger partial charge in [-0.15, -0.1) is 0 Å². The van der Waals surface area contributed by atoms with Crippen molar-refractivity contribution in [1.29, 1.82) is 0 Å². The minimum atomic E-state index is 0.248. The fourth-order valence-corrected chi connectivity index (χ4v) is 3.56. The maximum Gasteiger partial charge on any atom is 0.191 e. The monoisotopic (exact) mass is 400 g/mol. The number of nitrogens with zero attached hydrogens (tertiary/aromatic N) is 2. The normalized spacial score (nSPS) is 14.8. The predicted octanol–water partition coefficient (Wildman–Crippen LogP) is 4.06. The number of aromatic nitrogens is 1. The highest BCUT2D eigenvalue weighted by atomic mass is 16.5. The van der Waals surface area contributed by atoms with Crippen molar-refractivity contribution in [2.45, 2.75) is 31.4 Å². The summed E-state index contributed by atoms with van der Waals surface area (Å²) in [6.07, 6.45) is 4.22. The Hall–Kier alpha value is -3.34. The first-order valence-electron chi connectivity index (χ1n) is 10.4. The van der Waals surface area contributed by atoms with E-state index in [1.807, 2.05) is 37.4 Å². The van der Waals surface area contributed by atoms with Crippen LogP contribution < -0.4 is 15.4 Å². The molecule has 154 valence electrons. The lowest BCUT2D eigenvalue weighted by molar-refractivity contribution is 0.301. The van der Waals surface area contributed by atoms with Crippen molar-refractivity contribution in [2.75, 3.05) is 13.6 Å². The zero-order valence-corrected chi connectivity index (χ0v) is 17.3. The summed E-state index contributed by atoms with van der Waals surface area (Å²) in [5, 5.41) is 6.91. The summed E-state index contributed by atoms with van der Waals surface area (Å²) in [7, 11) is 1.81. The molecule has 5 nitrogen and oxygen atoms in total. The third-order valence-corrected chi connectivity index (χ3v) is 5.53. The van der Waals surface area contributed by atoms with Gasteiger partial charge in [0.1, 0.15) is 12.4 Å². The number of guanidine groups is 1. The molecule has 0 saturated heterocycles. The first kappa shape index (κ1) is 20.0. The predicted molar refractivity (Wildman–Crippen MR) is 121 cm³/mol. The van der Waals surface area contributed by atoms with Gasteiger partial charge in [0.25, 0.3) is 0 Å². The van der Waals surface area contributed by atoms with E-state index in [0.29, 0.717) is 13.2 Å². The SMILES string of the molecule is CN=C(NCc1cccc(OCc2ccccn2)c1)NCC1(c2ccccc2)CC1. The topological polar surface area (TPSA) is 58.5 Å². The number of hydrogen-bond donors (Lipinski definition) is 2. The van der Waals surface area contributed by atoms with Crippen LogP contribution in [0.4, 0.5) is 0 Å². The van der Waals surface area contributed by atoms with Crippen LogP contribution in [0.1, 0.15) is 29.7 Å². The highest BCUT2D eigenvalue weighted by molar-refractivity contribution is 5.79. The number of benzene rings is 2. The van der Waals surface area contributed by atoms with E-state index in [4.69, 9.17) is 4.74 Å². The molecule has 0 bridgehead atoms. The van der Waals surface area contributed by atoms with E-state index < -0.39 is 0 Å². The average Bonchev–Trinajstić information content (AvgIpc) is 3.61. The van der Waals surface area contributed by atoms with Crippen LogP contribution in [0.3, 0.4) is 0 Å². The van der Waals surface area contributed by atoms with Gasteiger partial charge in [-0.1, -0.05) is 48.5 Å². The fraction of sp³-hybridized carbons (Fsp3) is 0.280. The van der Waals surface area contributed by atoms with Gasteiger partial charge in [0.15, 0.2) is 5.96 Å². The van der Waals surface area contributed by atoms with E-state index in [1.54, 1.807) is 6.20 Å². The maximum absolute atomic E-state index is 5.88. The molecule has 0 radical (unpaired) electrons. The van der Waals surface area contributed by atoms with E-state index in [9.17, 15) is 0 Å². The molecule has 0 unspecified atom stereocenters. The third kappa shape index (κ3) is 5.17. The van der Waals surface area contributed by atoms with E-state index in [0.717, 1.165) is 29.5 Å². The van der Waals surface area contributed by atoms with Gasteiger partial charge in [-0.3, -0.25) is 9.98 Å². The Morgan fingerprint density at radius 3 is 2.57 bits per heavy atom. The Morgan fingerprint density at radius 2 is 1.83 bits per heavy atom. The summed E-state index contributed by atoms with van der Waals surface area (Å²) in [4.78, 5) is 8.67. The van der Waals surface area contributed by atoms with Gasteiger partial charge in [0, 0.05) is 31.7 Å². The summed E-state index contributed by atoms with van der Waals surface area (Å²) in [6, 6.07) is 24.7. The Labute approximate surface area is 178 Å². The zero-order chi connectivity index (χ0) is 20.7. The molecule has 0 aliphatic heterocycles. The molecule has 2 N–H and O–H groups in total. The molecule has 0 spiro atoms. The quantitative estimate of drug-likeness (QED) is 0.442. The van der Waals surface area contributed by atoms with Crippen LogP contribution in [-0.4, -0.2) is 24.5 Å². The van der Waals surface area contributed by atoms with E-state index in [2.05, 4.69) is 63.1 Å². The first-order chi connectivity index (χ1) is 14.8.